The molecular formula is C17H20F3NO4. The maximum Gasteiger partial charge on any atom is 0.416 e. The lowest BCUT2D eigenvalue weighted by molar-refractivity contribution is -0.153. The minimum atomic E-state index is -4.46. The van der Waals surface area contributed by atoms with Gasteiger partial charge in [0.15, 0.2) is 0 Å². The van der Waals surface area contributed by atoms with Crippen LogP contribution < -0.4 is 0 Å². The third-order valence-electron chi connectivity index (χ3n) is 2.99. The van der Waals surface area contributed by atoms with Crippen molar-refractivity contribution in [2.24, 2.45) is 4.99 Å². The minimum absolute atomic E-state index is 0.0661. The second kappa shape index (κ2) is 9.19. The highest BCUT2D eigenvalue weighted by molar-refractivity contribution is 5.98. The van der Waals surface area contributed by atoms with Crippen LogP contribution in [0.4, 0.5) is 18.9 Å². The van der Waals surface area contributed by atoms with Crippen LogP contribution in [0.1, 0.15) is 39.2 Å². The highest BCUT2D eigenvalue weighted by Gasteiger charge is 2.30. The summed E-state index contributed by atoms with van der Waals surface area (Å²) < 4.78 is 47.8. The van der Waals surface area contributed by atoms with Crippen molar-refractivity contribution in [2.45, 2.75) is 45.9 Å². The van der Waals surface area contributed by atoms with Crippen molar-refractivity contribution in [3.63, 3.8) is 0 Å². The third-order valence-corrected chi connectivity index (χ3v) is 2.99. The van der Waals surface area contributed by atoms with Gasteiger partial charge in [-0.2, -0.15) is 13.2 Å². The third kappa shape index (κ3) is 7.82. The van der Waals surface area contributed by atoms with Crippen molar-refractivity contribution in [2.75, 3.05) is 6.61 Å². The molecule has 0 heterocycles. The van der Waals surface area contributed by atoms with Gasteiger partial charge in [-0.1, -0.05) is 6.07 Å². The molecule has 138 valence electrons. The lowest BCUT2D eigenvalue weighted by atomic mass is 10.2. The minimum Gasteiger partial charge on any atom is -0.466 e. The van der Waals surface area contributed by atoms with E-state index in [1.807, 2.05) is 0 Å². The first-order valence-electron chi connectivity index (χ1n) is 7.68. The Hall–Kier alpha value is -2.38. The van der Waals surface area contributed by atoms with E-state index >= 15 is 0 Å². The van der Waals surface area contributed by atoms with Crippen molar-refractivity contribution in [3.8, 4) is 0 Å². The number of carbonyl (C=O) groups is 2. The van der Waals surface area contributed by atoms with Crippen molar-refractivity contribution in [1.29, 1.82) is 0 Å². The standard InChI is InChI=1S/C17H20F3NO4/c1-4-24-15(22)9-12(3)25-16(23)8-11(2)21-14-7-5-6-13(10-14)17(18,19)20/h5-7,10,12H,4,8-9H2,1-3H3/t12-/m0/s1. The van der Waals surface area contributed by atoms with Gasteiger partial charge in [0.05, 0.1) is 30.7 Å². The fourth-order valence-corrected chi connectivity index (χ4v) is 1.98. The second-order valence-corrected chi connectivity index (χ2v) is 5.38. The van der Waals surface area contributed by atoms with E-state index in [0.29, 0.717) is 5.71 Å². The highest BCUT2D eigenvalue weighted by atomic mass is 19.4. The van der Waals surface area contributed by atoms with Crippen molar-refractivity contribution >= 4 is 23.3 Å². The molecule has 0 unspecified atom stereocenters. The Kier molecular flexibility index (Phi) is 7.60. The van der Waals surface area contributed by atoms with Gasteiger partial charge in [0.1, 0.15) is 6.10 Å². The van der Waals surface area contributed by atoms with E-state index in [0.717, 1.165) is 12.1 Å². The van der Waals surface area contributed by atoms with Crippen LogP contribution >= 0.6 is 0 Å². The average Bonchev–Trinajstić information content (AvgIpc) is 2.45. The molecule has 0 spiro atoms. The molecule has 0 aromatic heterocycles. The van der Waals surface area contributed by atoms with Gasteiger partial charge in [0, 0.05) is 5.71 Å². The summed E-state index contributed by atoms with van der Waals surface area (Å²) in [5.74, 6) is -1.10. The number of hydrogen-bond acceptors (Lipinski definition) is 5. The Morgan fingerprint density at radius 1 is 1.24 bits per heavy atom. The van der Waals surface area contributed by atoms with Crippen molar-refractivity contribution in [3.05, 3.63) is 29.8 Å². The van der Waals surface area contributed by atoms with Gasteiger partial charge in [-0.15, -0.1) is 0 Å². The molecule has 0 aliphatic carbocycles. The summed E-state index contributed by atoms with van der Waals surface area (Å²) in [7, 11) is 0. The monoisotopic (exact) mass is 359 g/mol. The fraction of sp³-hybridized carbons (Fsp3) is 0.471. The van der Waals surface area contributed by atoms with E-state index in [1.54, 1.807) is 13.8 Å². The second-order valence-electron chi connectivity index (χ2n) is 5.38. The van der Waals surface area contributed by atoms with Crippen molar-refractivity contribution < 1.29 is 32.2 Å². The van der Waals surface area contributed by atoms with Gasteiger partial charge >= 0.3 is 18.1 Å². The molecule has 1 aromatic rings. The van der Waals surface area contributed by atoms with Crippen molar-refractivity contribution in [1.82, 2.24) is 0 Å². The Morgan fingerprint density at radius 3 is 2.52 bits per heavy atom. The maximum absolute atomic E-state index is 12.7. The van der Waals surface area contributed by atoms with Crippen LogP contribution in [-0.2, 0) is 25.2 Å². The van der Waals surface area contributed by atoms with E-state index in [-0.39, 0.29) is 25.1 Å². The number of nitrogens with zero attached hydrogens (tertiary/aromatic N) is 1. The van der Waals surface area contributed by atoms with E-state index in [4.69, 9.17) is 9.47 Å². The van der Waals surface area contributed by atoms with Gasteiger partial charge in [0.25, 0.3) is 0 Å². The van der Waals surface area contributed by atoms with Crippen LogP contribution in [0.15, 0.2) is 29.3 Å². The quantitative estimate of drug-likeness (QED) is 0.544. The SMILES string of the molecule is CCOC(=O)C[C@H](C)OC(=O)CC(C)=Nc1cccc(C(F)(F)F)c1. The summed E-state index contributed by atoms with van der Waals surface area (Å²) in [6.45, 7) is 4.97. The average molecular weight is 359 g/mol. The Bertz CT molecular complexity index is 641. The number of rotatable bonds is 7. The molecule has 0 amide bonds. The topological polar surface area (TPSA) is 65.0 Å². The van der Waals surface area contributed by atoms with Crippen LogP contribution in [0.2, 0.25) is 0 Å². The summed E-state index contributed by atoms with van der Waals surface area (Å²) in [5.41, 5.74) is -0.417. The zero-order valence-corrected chi connectivity index (χ0v) is 14.2. The van der Waals surface area contributed by atoms with E-state index in [2.05, 4.69) is 4.99 Å². The van der Waals surface area contributed by atoms with Crippen LogP contribution in [0, 0.1) is 0 Å². The molecular weight excluding hydrogens is 339 g/mol. The number of ether oxygens (including phenoxy) is 2. The zero-order valence-electron chi connectivity index (χ0n) is 14.2. The molecule has 0 saturated heterocycles. The number of carbonyl (C=O) groups excluding carboxylic acids is 2. The summed E-state index contributed by atoms with van der Waals surface area (Å²) >= 11 is 0. The zero-order chi connectivity index (χ0) is 19.0. The molecule has 25 heavy (non-hydrogen) atoms. The van der Waals surface area contributed by atoms with Gasteiger partial charge in [-0.05, 0) is 39.0 Å². The predicted molar refractivity (Wildman–Crippen MR) is 85.6 cm³/mol. The summed E-state index contributed by atoms with van der Waals surface area (Å²) in [5, 5.41) is 0. The van der Waals surface area contributed by atoms with Crippen LogP contribution in [0.3, 0.4) is 0 Å². The molecule has 0 fully saturated rings. The molecule has 5 nitrogen and oxygen atoms in total. The molecule has 1 aromatic carbocycles. The Morgan fingerprint density at radius 2 is 1.92 bits per heavy atom. The highest BCUT2D eigenvalue weighted by Crippen LogP contribution is 2.31. The fourth-order valence-electron chi connectivity index (χ4n) is 1.98. The molecule has 8 heteroatoms. The number of aliphatic imine (C=N–C) groups is 1. The largest absolute Gasteiger partial charge is 0.466 e. The van der Waals surface area contributed by atoms with Gasteiger partial charge < -0.3 is 9.47 Å². The number of esters is 2. The van der Waals surface area contributed by atoms with E-state index < -0.39 is 29.8 Å². The predicted octanol–water partition coefficient (Wildman–Crippen LogP) is 4.07. The van der Waals surface area contributed by atoms with Crippen LogP contribution in [-0.4, -0.2) is 30.4 Å². The number of hydrogen-bond donors (Lipinski definition) is 0. The Labute approximate surface area is 143 Å². The first kappa shape index (κ1) is 20.7. The molecule has 0 bridgehead atoms. The smallest absolute Gasteiger partial charge is 0.416 e. The van der Waals surface area contributed by atoms with Crippen LogP contribution in [0.5, 0.6) is 0 Å². The van der Waals surface area contributed by atoms with E-state index in [1.165, 1.54) is 19.1 Å². The number of alkyl halides is 3. The number of benzene rings is 1. The first-order valence-corrected chi connectivity index (χ1v) is 7.68. The lowest BCUT2D eigenvalue weighted by Crippen LogP contribution is -2.21. The molecule has 1 rings (SSSR count). The van der Waals surface area contributed by atoms with E-state index in [9.17, 15) is 22.8 Å². The maximum atomic E-state index is 12.7. The van der Waals surface area contributed by atoms with Gasteiger partial charge in [0.2, 0.25) is 0 Å². The molecule has 0 aliphatic rings. The normalized spacial score (nSPS) is 13.3. The van der Waals surface area contributed by atoms with Gasteiger partial charge in [-0.25, -0.2) is 0 Å². The lowest BCUT2D eigenvalue weighted by Gasteiger charge is -2.12. The summed E-state index contributed by atoms with van der Waals surface area (Å²) in [4.78, 5) is 27.1. The molecule has 0 N–H and O–H groups in total. The Balaban J connectivity index is 2.63. The molecule has 0 radical (unpaired) electrons. The number of halogens is 3. The molecule has 0 aliphatic heterocycles. The molecule has 1 atom stereocenters. The van der Waals surface area contributed by atoms with Gasteiger partial charge in [-0.3, -0.25) is 14.6 Å². The summed E-state index contributed by atoms with van der Waals surface area (Å²) in [6.07, 6.45) is -5.37. The van der Waals surface area contributed by atoms with Crippen LogP contribution in [0.25, 0.3) is 0 Å². The summed E-state index contributed by atoms with van der Waals surface area (Å²) in [6, 6.07) is 4.50. The first-order chi connectivity index (χ1) is 11.6. The molecule has 0 saturated carbocycles.